The van der Waals surface area contributed by atoms with E-state index in [1.807, 2.05) is 0 Å². The minimum atomic E-state index is -0.315. The third kappa shape index (κ3) is 3.10. The molecule has 7 heteroatoms. The number of nitrogens with two attached hydrogens (primary N) is 1. The highest BCUT2D eigenvalue weighted by Gasteiger charge is 2.12. The summed E-state index contributed by atoms with van der Waals surface area (Å²) < 4.78 is 4.85. The van der Waals surface area contributed by atoms with E-state index in [1.54, 1.807) is 24.3 Å². The van der Waals surface area contributed by atoms with E-state index in [-0.39, 0.29) is 17.0 Å². The molecule has 2 rings (SSSR count). The zero-order valence-electron chi connectivity index (χ0n) is 10.3. The SMILES string of the molecule is N/C(=N/O)c1ccc(CNC(=O)c2ccoc2Cl)cc1. The molecule has 20 heavy (non-hydrogen) atoms. The van der Waals surface area contributed by atoms with Gasteiger partial charge < -0.3 is 20.7 Å². The van der Waals surface area contributed by atoms with Gasteiger partial charge in [0.2, 0.25) is 5.22 Å². The van der Waals surface area contributed by atoms with Gasteiger partial charge in [0.15, 0.2) is 5.84 Å². The number of carbonyl (C=O) groups is 1. The second-order valence-electron chi connectivity index (χ2n) is 3.97. The summed E-state index contributed by atoms with van der Waals surface area (Å²) >= 11 is 5.71. The summed E-state index contributed by atoms with van der Waals surface area (Å²) in [5, 5.41) is 14.2. The van der Waals surface area contributed by atoms with E-state index >= 15 is 0 Å². The lowest BCUT2D eigenvalue weighted by atomic mass is 10.1. The molecule has 0 radical (unpaired) electrons. The van der Waals surface area contributed by atoms with Crippen LogP contribution in [0.5, 0.6) is 0 Å². The molecule has 6 nitrogen and oxygen atoms in total. The molecular weight excluding hydrogens is 282 g/mol. The maximum Gasteiger partial charge on any atom is 0.256 e. The van der Waals surface area contributed by atoms with Crippen molar-refractivity contribution in [2.24, 2.45) is 10.9 Å². The van der Waals surface area contributed by atoms with Gasteiger partial charge in [-0.1, -0.05) is 29.4 Å². The van der Waals surface area contributed by atoms with Crippen molar-refractivity contribution in [2.75, 3.05) is 0 Å². The second kappa shape index (κ2) is 6.12. The summed E-state index contributed by atoms with van der Waals surface area (Å²) in [6.07, 6.45) is 1.35. The number of nitrogens with zero attached hydrogens (tertiary/aromatic N) is 1. The Bertz CT molecular complexity index is 635. The predicted molar refractivity (Wildman–Crippen MR) is 73.8 cm³/mol. The third-order valence-corrected chi connectivity index (χ3v) is 2.97. The van der Waals surface area contributed by atoms with Crippen LogP contribution in [0.1, 0.15) is 21.5 Å². The van der Waals surface area contributed by atoms with Crippen LogP contribution >= 0.6 is 11.6 Å². The first-order chi connectivity index (χ1) is 9.61. The largest absolute Gasteiger partial charge is 0.452 e. The summed E-state index contributed by atoms with van der Waals surface area (Å²) in [7, 11) is 0. The first kappa shape index (κ1) is 14.0. The van der Waals surface area contributed by atoms with Gasteiger partial charge >= 0.3 is 0 Å². The maximum atomic E-state index is 11.8. The minimum absolute atomic E-state index is 0.0331. The van der Waals surface area contributed by atoms with Crippen molar-refractivity contribution < 1.29 is 14.4 Å². The van der Waals surface area contributed by atoms with Crippen LogP contribution in [0.4, 0.5) is 0 Å². The molecule has 0 aliphatic carbocycles. The standard InChI is InChI=1S/C13H12ClN3O3/c14-11-10(5-6-20-11)13(18)16-7-8-1-3-9(4-2-8)12(15)17-19/h1-6,19H,7H2,(H2,15,17)(H,16,18). The van der Waals surface area contributed by atoms with E-state index in [9.17, 15) is 4.79 Å². The number of oxime groups is 1. The van der Waals surface area contributed by atoms with Gasteiger partial charge in [0.1, 0.15) is 0 Å². The average Bonchev–Trinajstić information content (AvgIpc) is 2.90. The fraction of sp³-hybridized carbons (Fsp3) is 0.0769. The number of hydrogen-bond acceptors (Lipinski definition) is 4. The highest BCUT2D eigenvalue weighted by molar-refractivity contribution is 6.32. The van der Waals surface area contributed by atoms with Crippen LogP contribution in [0.2, 0.25) is 5.22 Å². The Morgan fingerprint density at radius 2 is 2.05 bits per heavy atom. The van der Waals surface area contributed by atoms with Crippen LogP contribution in [0.25, 0.3) is 0 Å². The van der Waals surface area contributed by atoms with Crippen molar-refractivity contribution in [1.82, 2.24) is 5.32 Å². The molecule has 2 aromatic rings. The van der Waals surface area contributed by atoms with Gasteiger partial charge in [-0.05, 0) is 23.2 Å². The zero-order valence-corrected chi connectivity index (χ0v) is 11.1. The summed E-state index contributed by atoms with van der Waals surface area (Å²) in [5.74, 6) is -0.282. The molecule has 0 fully saturated rings. The van der Waals surface area contributed by atoms with E-state index in [4.69, 9.17) is 27.0 Å². The normalized spacial score (nSPS) is 11.3. The smallest absolute Gasteiger partial charge is 0.256 e. The fourth-order valence-corrected chi connectivity index (χ4v) is 1.78. The summed E-state index contributed by atoms with van der Waals surface area (Å²) in [5.41, 5.74) is 7.21. The minimum Gasteiger partial charge on any atom is -0.452 e. The number of amides is 1. The fourth-order valence-electron chi connectivity index (χ4n) is 1.58. The van der Waals surface area contributed by atoms with Gasteiger partial charge in [0.25, 0.3) is 5.91 Å². The number of hydrogen-bond donors (Lipinski definition) is 3. The lowest BCUT2D eigenvalue weighted by Gasteiger charge is -2.05. The van der Waals surface area contributed by atoms with Crippen molar-refractivity contribution in [3.63, 3.8) is 0 Å². The molecular formula is C13H12ClN3O3. The predicted octanol–water partition coefficient (Wildman–Crippen LogP) is 1.96. The molecule has 1 aromatic carbocycles. The molecule has 0 spiro atoms. The van der Waals surface area contributed by atoms with Crippen molar-refractivity contribution in [3.05, 3.63) is 58.5 Å². The number of furan rings is 1. The van der Waals surface area contributed by atoms with E-state index in [0.717, 1.165) is 5.56 Å². The van der Waals surface area contributed by atoms with Crippen LogP contribution in [-0.4, -0.2) is 17.0 Å². The van der Waals surface area contributed by atoms with Crippen LogP contribution in [0.3, 0.4) is 0 Å². The number of benzene rings is 1. The number of rotatable bonds is 4. The number of halogens is 1. The van der Waals surface area contributed by atoms with Gasteiger partial charge in [-0.2, -0.15) is 0 Å². The van der Waals surface area contributed by atoms with E-state index in [1.165, 1.54) is 12.3 Å². The number of nitrogens with one attached hydrogen (secondary N) is 1. The van der Waals surface area contributed by atoms with E-state index in [0.29, 0.717) is 17.7 Å². The van der Waals surface area contributed by atoms with Crippen molar-refractivity contribution in [3.8, 4) is 0 Å². The van der Waals surface area contributed by atoms with E-state index in [2.05, 4.69) is 10.5 Å². The van der Waals surface area contributed by atoms with Gasteiger partial charge in [0, 0.05) is 12.1 Å². The molecule has 0 saturated heterocycles. The molecule has 0 aliphatic heterocycles. The van der Waals surface area contributed by atoms with Gasteiger partial charge in [-0.3, -0.25) is 4.79 Å². The summed E-state index contributed by atoms with van der Waals surface area (Å²) in [6, 6.07) is 8.43. The second-order valence-corrected chi connectivity index (χ2v) is 4.32. The zero-order chi connectivity index (χ0) is 14.5. The molecule has 0 saturated carbocycles. The van der Waals surface area contributed by atoms with Crippen molar-refractivity contribution in [1.29, 1.82) is 0 Å². The Hall–Kier alpha value is -2.47. The molecule has 0 aliphatic rings. The van der Waals surface area contributed by atoms with Crippen LogP contribution in [-0.2, 0) is 6.54 Å². The Morgan fingerprint density at radius 1 is 1.35 bits per heavy atom. The number of amidine groups is 1. The molecule has 4 N–H and O–H groups in total. The van der Waals surface area contributed by atoms with Crippen molar-refractivity contribution in [2.45, 2.75) is 6.54 Å². The Labute approximate surface area is 119 Å². The molecule has 0 bridgehead atoms. The Balaban J connectivity index is 1.98. The molecule has 1 heterocycles. The van der Waals surface area contributed by atoms with Crippen LogP contribution in [0, 0.1) is 0 Å². The third-order valence-electron chi connectivity index (χ3n) is 2.67. The van der Waals surface area contributed by atoms with Gasteiger partial charge in [0.05, 0.1) is 11.8 Å². The topological polar surface area (TPSA) is 101 Å². The summed E-state index contributed by atoms with van der Waals surface area (Å²) in [6.45, 7) is 0.330. The summed E-state index contributed by atoms with van der Waals surface area (Å²) in [4.78, 5) is 11.8. The maximum absolute atomic E-state index is 11.8. The first-order valence-corrected chi connectivity index (χ1v) is 6.07. The Morgan fingerprint density at radius 3 is 2.60 bits per heavy atom. The van der Waals surface area contributed by atoms with Crippen LogP contribution in [0.15, 0.2) is 46.2 Å². The van der Waals surface area contributed by atoms with Crippen LogP contribution < -0.4 is 11.1 Å². The van der Waals surface area contributed by atoms with Crippen molar-refractivity contribution >= 4 is 23.3 Å². The molecule has 1 aromatic heterocycles. The lowest BCUT2D eigenvalue weighted by Crippen LogP contribution is -2.22. The molecule has 0 atom stereocenters. The number of carbonyl (C=O) groups excluding carboxylic acids is 1. The molecule has 104 valence electrons. The van der Waals surface area contributed by atoms with Gasteiger partial charge in [-0.25, -0.2) is 0 Å². The quantitative estimate of drug-likeness (QED) is 0.347. The first-order valence-electron chi connectivity index (χ1n) is 5.70. The molecule has 0 unspecified atom stereocenters. The monoisotopic (exact) mass is 293 g/mol. The highest BCUT2D eigenvalue weighted by atomic mass is 35.5. The van der Waals surface area contributed by atoms with E-state index < -0.39 is 0 Å². The average molecular weight is 294 g/mol. The lowest BCUT2D eigenvalue weighted by molar-refractivity contribution is 0.0950. The highest BCUT2D eigenvalue weighted by Crippen LogP contribution is 2.16. The molecule has 1 amide bonds. The Kier molecular flexibility index (Phi) is 4.27. The van der Waals surface area contributed by atoms with Gasteiger partial charge in [-0.15, -0.1) is 0 Å².